The molecule has 4 rings (SSSR count). The summed E-state index contributed by atoms with van der Waals surface area (Å²) in [6.45, 7) is 12.3. The van der Waals surface area contributed by atoms with E-state index in [0.717, 1.165) is 11.1 Å². The second-order valence-electron chi connectivity index (χ2n) is 10.2. The fourth-order valence-electron chi connectivity index (χ4n) is 3.99. The summed E-state index contributed by atoms with van der Waals surface area (Å²) >= 11 is 6.31. The van der Waals surface area contributed by atoms with E-state index in [-0.39, 0.29) is 22.3 Å². The van der Waals surface area contributed by atoms with E-state index >= 15 is 0 Å². The fraction of sp³-hybridized carbons (Fsp3) is 0.290. The Labute approximate surface area is 227 Å². The monoisotopic (exact) mass is 533 g/mol. The van der Waals surface area contributed by atoms with Gasteiger partial charge in [-0.1, -0.05) is 56.6 Å². The zero-order chi connectivity index (χ0) is 27.6. The number of carbonyl (C=O) groups excluding carboxylic acids is 1. The number of carbonyl (C=O) groups is 1. The number of ether oxygens (including phenoxy) is 2. The molecule has 1 N–H and O–H groups in total. The first kappa shape index (κ1) is 27.3. The van der Waals surface area contributed by atoms with Gasteiger partial charge in [-0.05, 0) is 73.7 Å². The van der Waals surface area contributed by atoms with Crippen molar-refractivity contribution in [3.8, 4) is 22.8 Å². The molecule has 0 radical (unpaired) electrons. The van der Waals surface area contributed by atoms with Gasteiger partial charge in [-0.3, -0.25) is 9.59 Å². The first-order chi connectivity index (χ1) is 18.0. The summed E-state index contributed by atoms with van der Waals surface area (Å²) in [5, 5.41) is 3.54. The van der Waals surface area contributed by atoms with E-state index in [1.807, 2.05) is 38.1 Å². The summed E-state index contributed by atoms with van der Waals surface area (Å²) in [5.41, 5.74) is 3.13. The molecule has 0 saturated carbocycles. The van der Waals surface area contributed by atoms with E-state index in [2.05, 4.69) is 26.1 Å². The standard InChI is InChI=1S/C31H32ClNO5/c1-7-36-23-14-12-22(13-15-23)33-30(35)19(3)37-29-27(34)24-17-25(32)18(2)16-26(24)38-28(29)20-8-10-21(11-9-20)31(4,5)6/h8-17,19H,7H2,1-6H3,(H,33,35). The fourth-order valence-corrected chi connectivity index (χ4v) is 4.16. The van der Waals surface area contributed by atoms with Gasteiger partial charge < -0.3 is 19.2 Å². The largest absolute Gasteiger partial charge is 0.494 e. The minimum absolute atomic E-state index is 0.0383. The number of nitrogens with one attached hydrogen (secondary N) is 1. The van der Waals surface area contributed by atoms with E-state index in [4.69, 9.17) is 25.5 Å². The minimum atomic E-state index is -0.990. The number of fused-ring (bicyclic) bond motifs is 1. The number of hydrogen-bond acceptors (Lipinski definition) is 5. The molecule has 4 aromatic rings. The lowest BCUT2D eigenvalue weighted by atomic mass is 9.86. The second-order valence-corrected chi connectivity index (χ2v) is 10.6. The molecule has 0 bridgehead atoms. The number of rotatable bonds is 7. The molecule has 38 heavy (non-hydrogen) atoms. The Bertz CT molecular complexity index is 1520. The van der Waals surface area contributed by atoms with Crippen LogP contribution in [-0.2, 0) is 10.2 Å². The van der Waals surface area contributed by atoms with Gasteiger partial charge in [0, 0.05) is 16.3 Å². The van der Waals surface area contributed by atoms with Gasteiger partial charge in [0.1, 0.15) is 11.3 Å². The Morgan fingerprint density at radius 3 is 2.32 bits per heavy atom. The third kappa shape index (κ3) is 5.86. The Balaban J connectivity index is 1.71. The van der Waals surface area contributed by atoms with E-state index in [1.165, 1.54) is 0 Å². The van der Waals surface area contributed by atoms with Crippen molar-refractivity contribution in [3.63, 3.8) is 0 Å². The lowest BCUT2D eigenvalue weighted by Crippen LogP contribution is -2.31. The van der Waals surface area contributed by atoms with Crippen molar-refractivity contribution in [2.45, 2.75) is 53.1 Å². The minimum Gasteiger partial charge on any atom is -0.494 e. The Morgan fingerprint density at radius 2 is 1.71 bits per heavy atom. The molecular formula is C31H32ClNO5. The van der Waals surface area contributed by atoms with Crippen LogP contribution >= 0.6 is 11.6 Å². The van der Waals surface area contributed by atoms with Gasteiger partial charge in [0.2, 0.25) is 11.2 Å². The van der Waals surface area contributed by atoms with Crippen LogP contribution in [0.3, 0.4) is 0 Å². The highest BCUT2D eigenvalue weighted by Gasteiger charge is 2.24. The Hall–Kier alpha value is -3.77. The van der Waals surface area contributed by atoms with Crippen LogP contribution in [0, 0.1) is 6.92 Å². The van der Waals surface area contributed by atoms with Gasteiger partial charge in [-0.25, -0.2) is 0 Å². The molecule has 3 aromatic carbocycles. The highest BCUT2D eigenvalue weighted by atomic mass is 35.5. The smallest absolute Gasteiger partial charge is 0.265 e. The van der Waals surface area contributed by atoms with Crippen LogP contribution in [0.4, 0.5) is 5.69 Å². The summed E-state index contributed by atoms with van der Waals surface area (Å²) in [4.78, 5) is 26.6. The molecule has 0 aliphatic carbocycles. The lowest BCUT2D eigenvalue weighted by Gasteiger charge is -2.20. The van der Waals surface area contributed by atoms with Crippen LogP contribution in [0.1, 0.15) is 45.7 Å². The zero-order valence-electron chi connectivity index (χ0n) is 22.5. The predicted octanol–water partition coefficient (Wildman–Crippen LogP) is 7.52. The van der Waals surface area contributed by atoms with E-state index in [9.17, 15) is 9.59 Å². The van der Waals surface area contributed by atoms with Crippen LogP contribution in [0.15, 0.2) is 69.9 Å². The SMILES string of the molecule is CCOc1ccc(NC(=O)C(C)Oc2c(-c3ccc(C(C)(C)C)cc3)oc3cc(C)c(Cl)cc3c2=O)cc1. The number of halogens is 1. The molecule has 1 amide bonds. The average molecular weight is 534 g/mol. The third-order valence-electron chi connectivity index (χ3n) is 6.24. The number of aryl methyl sites for hydroxylation is 1. The molecule has 1 unspecified atom stereocenters. The van der Waals surface area contributed by atoms with Crippen molar-refractivity contribution in [2.75, 3.05) is 11.9 Å². The Kier molecular flexibility index (Phi) is 7.83. The lowest BCUT2D eigenvalue weighted by molar-refractivity contribution is -0.122. The van der Waals surface area contributed by atoms with Crippen LogP contribution in [0.5, 0.6) is 11.5 Å². The first-order valence-electron chi connectivity index (χ1n) is 12.6. The summed E-state index contributed by atoms with van der Waals surface area (Å²) in [5.74, 6) is 0.505. The zero-order valence-corrected chi connectivity index (χ0v) is 23.2. The number of hydrogen-bond donors (Lipinski definition) is 1. The summed E-state index contributed by atoms with van der Waals surface area (Å²) < 4.78 is 17.7. The molecule has 0 fully saturated rings. The van der Waals surface area contributed by atoms with Gasteiger partial charge in [0.15, 0.2) is 11.9 Å². The molecule has 0 aliphatic heterocycles. The molecule has 1 aromatic heterocycles. The van der Waals surface area contributed by atoms with Crippen LogP contribution in [0.2, 0.25) is 5.02 Å². The van der Waals surface area contributed by atoms with Crippen molar-refractivity contribution < 1.29 is 18.7 Å². The first-order valence-corrected chi connectivity index (χ1v) is 12.9. The van der Waals surface area contributed by atoms with Gasteiger partial charge in [0.05, 0.1) is 12.0 Å². The van der Waals surface area contributed by atoms with Gasteiger partial charge >= 0.3 is 0 Å². The highest BCUT2D eigenvalue weighted by Crippen LogP contribution is 2.34. The van der Waals surface area contributed by atoms with Crippen molar-refractivity contribution in [2.24, 2.45) is 0 Å². The van der Waals surface area contributed by atoms with Crippen molar-refractivity contribution in [1.29, 1.82) is 0 Å². The van der Waals surface area contributed by atoms with Crippen LogP contribution in [-0.4, -0.2) is 18.6 Å². The maximum atomic E-state index is 13.6. The number of benzene rings is 3. The van der Waals surface area contributed by atoms with E-state index in [0.29, 0.717) is 34.2 Å². The van der Waals surface area contributed by atoms with Gasteiger partial charge in [0.25, 0.3) is 5.91 Å². The summed E-state index contributed by atoms with van der Waals surface area (Å²) in [6.07, 6.45) is -0.990. The van der Waals surface area contributed by atoms with Crippen LogP contribution in [0.25, 0.3) is 22.3 Å². The van der Waals surface area contributed by atoms with Crippen molar-refractivity contribution in [3.05, 3.63) is 87.0 Å². The van der Waals surface area contributed by atoms with Gasteiger partial charge in [-0.2, -0.15) is 0 Å². The molecule has 0 spiro atoms. The highest BCUT2D eigenvalue weighted by molar-refractivity contribution is 6.32. The topological polar surface area (TPSA) is 77.8 Å². The summed E-state index contributed by atoms with van der Waals surface area (Å²) in [6, 6.07) is 18.1. The van der Waals surface area contributed by atoms with E-state index < -0.39 is 17.4 Å². The number of amides is 1. The average Bonchev–Trinajstić information content (AvgIpc) is 2.87. The molecule has 198 valence electrons. The maximum absolute atomic E-state index is 13.6. The van der Waals surface area contributed by atoms with E-state index in [1.54, 1.807) is 43.3 Å². The molecule has 7 heteroatoms. The third-order valence-corrected chi connectivity index (χ3v) is 6.65. The molecule has 1 heterocycles. The predicted molar refractivity (Wildman–Crippen MR) is 153 cm³/mol. The molecule has 0 aliphatic rings. The quantitative estimate of drug-likeness (QED) is 0.266. The molecule has 6 nitrogen and oxygen atoms in total. The molecule has 0 saturated heterocycles. The molecule has 1 atom stereocenters. The second kappa shape index (κ2) is 10.9. The maximum Gasteiger partial charge on any atom is 0.265 e. The van der Waals surface area contributed by atoms with Crippen LogP contribution < -0.4 is 20.2 Å². The van der Waals surface area contributed by atoms with Gasteiger partial charge in [-0.15, -0.1) is 0 Å². The normalized spacial score (nSPS) is 12.3. The summed E-state index contributed by atoms with van der Waals surface area (Å²) in [7, 11) is 0. The van der Waals surface area contributed by atoms with Crippen molar-refractivity contribution in [1.82, 2.24) is 0 Å². The van der Waals surface area contributed by atoms with Crippen molar-refractivity contribution >= 4 is 34.2 Å². The molecular weight excluding hydrogens is 502 g/mol. The Morgan fingerprint density at radius 1 is 1.05 bits per heavy atom. The number of anilines is 1.